The summed E-state index contributed by atoms with van der Waals surface area (Å²) in [5.74, 6) is -1.14. The molecule has 0 saturated carbocycles. The van der Waals surface area contributed by atoms with E-state index in [9.17, 15) is 40.5 Å². The highest BCUT2D eigenvalue weighted by molar-refractivity contribution is 5.97. The van der Waals surface area contributed by atoms with Gasteiger partial charge in [-0.05, 0) is 19.1 Å². The summed E-state index contributed by atoms with van der Waals surface area (Å²) in [5, 5.41) is 71.9. The number of methoxy groups -OCH3 is 1. The lowest BCUT2D eigenvalue weighted by Crippen LogP contribution is -2.62. The van der Waals surface area contributed by atoms with Gasteiger partial charge < -0.3 is 63.8 Å². The molecule has 5 rings (SSSR count). The number of fused-ring (bicyclic) bond motifs is 2. The van der Waals surface area contributed by atoms with Gasteiger partial charge in [-0.3, -0.25) is 4.79 Å². The molecule has 3 heterocycles. The smallest absolute Gasteiger partial charge is 0.229 e. The fraction of sp³-hybridized carbons (Fsp3) is 0.480. The van der Waals surface area contributed by atoms with Crippen molar-refractivity contribution in [3.63, 3.8) is 0 Å². The first-order valence-electron chi connectivity index (χ1n) is 12.0. The molecule has 2 fully saturated rings. The van der Waals surface area contributed by atoms with Crippen molar-refractivity contribution in [1.82, 2.24) is 0 Å². The molecule has 9 unspecified atom stereocenters. The second-order valence-electron chi connectivity index (χ2n) is 9.40. The summed E-state index contributed by atoms with van der Waals surface area (Å²) >= 11 is 0. The summed E-state index contributed by atoms with van der Waals surface area (Å²) in [6.07, 6.45) is -13.3. The van der Waals surface area contributed by atoms with Gasteiger partial charge in [0, 0.05) is 12.1 Å². The number of aliphatic hydroxyl groups is 5. The fourth-order valence-corrected chi connectivity index (χ4v) is 4.62. The molecule has 3 aromatic rings. The number of phenolic OH excluding ortho intramolecular Hbond substituents is 2. The number of aliphatic hydroxyl groups excluding tert-OH is 5. The summed E-state index contributed by atoms with van der Waals surface area (Å²) in [7, 11) is 1.38. The van der Waals surface area contributed by atoms with Gasteiger partial charge >= 0.3 is 0 Å². The molecule has 14 nitrogen and oxygen atoms in total. The first-order chi connectivity index (χ1) is 18.5. The maximum absolute atomic E-state index is 13.2. The highest BCUT2D eigenvalue weighted by Crippen LogP contribution is 2.38. The topological polar surface area (TPSA) is 218 Å². The Morgan fingerprint density at radius 2 is 1.64 bits per heavy atom. The lowest BCUT2D eigenvalue weighted by Gasteiger charge is -2.43. The van der Waals surface area contributed by atoms with Crippen molar-refractivity contribution in [2.75, 3.05) is 13.7 Å². The van der Waals surface area contributed by atoms with Crippen molar-refractivity contribution in [3.05, 3.63) is 34.5 Å². The Morgan fingerprint density at radius 1 is 0.897 bits per heavy atom. The van der Waals surface area contributed by atoms with Crippen LogP contribution in [0, 0.1) is 0 Å². The van der Waals surface area contributed by atoms with Gasteiger partial charge in [-0.1, -0.05) is 0 Å². The molecular weight excluding hydrogens is 524 g/mol. The molecule has 1 aromatic heterocycles. The third kappa shape index (κ3) is 4.74. The van der Waals surface area contributed by atoms with Crippen LogP contribution in [0.4, 0.5) is 0 Å². The average Bonchev–Trinajstić information content (AvgIpc) is 2.90. The van der Waals surface area contributed by atoms with Crippen molar-refractivity contribution < 1.29 is 63.8 Å². The molecule has 14 heteroatoms. The molecule has 212 valence electrons. The summed E-state index contributed by atoms with van der Waals surface area (Å²) in [6.45, 7) is 1.04. The first kappa shape index (κ1) is 27.4. The molecule has 0 aliphatic carbocycles. The first-order valence-corrected chi connectivity index (χ1v) is 12.0. The maximum atomic E-state index is 13.2. The monoisotopic (exact) mass is 552 g/mol. The zero-order chi connectivity index (χ0) is 28.2. The van der Waals surface area contributed by atoms with Gasteiger partial charge in [0.15, 0.2) is 23.9 Å². The second kappa shape index (κ2) is 10.4. The van der Waals surface area contributed by atoms with Crippen molar-refractivity contribution in [2.24, 2.45) is 0 Å². The lowest BCUT2D eigenvalue weighted by molar-refractivity contribution is -0.344. The van der Waals surface area contributed by atoms with E-state index < -0.39 is 78.8 Å². The van der Waals surface area contributed by atoms with E-state index in [2.05, 4.69) is 0 Å². The largest absolute Gasteiger partial charge is 0.507 e. The zero-order valence-electron chi connectivity index (χ0n) is 20.7. The molecule has 7 N–H and O–H groups in total. The quantitative estimate of drug-likeness (QED) is 0.190. The third-order valence-corrected chi connectivity index (χ3v) is 6.84. The fourth-order valence-electron chi connectivity index (χ4n) is 4.62. The predicted octanol–water partition coefficient (Wildman–Crippen LogP) is -0.964. The minimum absolute atomic E-state index is 0.0196. The van der Waals surface area contributed by atoms with Crippen LogP contribution in [0.15, 0.2) is 33.5 Å². The van der Waals surface area contributed by atoms with Gasteiger partial charge in [-0.2, -0.15) is 0 Å². The minimum atomic E-state index is -1.72. The van der Waals surface area contributed by atoms with Crippen molar-refractivity contribution in [3.8, 4) is 23.0 Å². The van der Waals surface area contributed by atoms with E-state index in [1.807, 2.05) is 0 Å². The van der Waals surface area contributed by atoms with E-state index in [-0.39, 0.29) is 33.4 Å². The van der Waals surface area contributed by atoms with Crippen LogP contribution in [0.2, 0.25) is 0 Å². The molecule has 2 aliphatic heterocycles. The molecule has 0 spiro atoms. The normalized spacial score (nSPS) is 33.4. The van der Waals surface area contributed by atoms with Crippen LogP contribution in [0.1, 0.15) is 6.92 Å². The Bertz CT molecular complexity index is 1420. The SMILES string of the molecule is COc1cc(O)c2c(=O)c3c(O)c(OC4OCC(O)C(O)C4OC4OC(C)C(O)C(O)C4O)ccc3oc2c1. The second-order valence-corrected chi connectivity index (χ2v) is 9.40. The molecule has 2 aromatic carbocycles. The van der Waals surface area contributed by atoms with Gasteiger partial charge in [0.05, 0.1) is 19.8 Å². The number of phenols is 2. The Hall–Kier alpha value is -3.21. The van der Waals surface area contributed by atoms with Crippen LogP contribution in [0.3, 0.4) is 0 Å². The molecule has 0 amide bonds. The van der Waals surface area contributed by atoms with Gasteiger partial charge in [-0.25, -0.2) is 0 Å². The number of ether oxygens (including phenoxy) is 5. The molecule has 2 saturated heterocycles. The number of benzene rings is 2. The molecular formula is C25H28O14. The Balaban J connectivity index is 1.48. The number of hydrogen-bond donors (Lipinski definition) is 7. The Kier molecular flexibility index (Phi) is 7.30. The maximum Gasteiger partial charge on any atom is 0.229 e. The summed E-state index contributed by atoms with van der Waals surface area (Å²) < 4.78 is 33.0. The van der Waals surface area contributed by atoms with E-state index in [1.165, 1.54) is 38.3 Å². The number of aromatic hydroxyl groups is 2. The van der Waals surface area contributed by atoms with E-state index in [0.717, 1.165) is 0 Å². The van der Waals surface area contributed by atoms with E-state index >= 15 is 0 Å². The third-order valence-electron chi connectivity index (χ3n) is 6.84. The van der Waals surface area contributed by atoms with Crippen LogP contribution < -0.4 is 14.9 Å². The molecule has 0 radical (unpaired) electrons. The van der Waals surface area contributed by atoms with Crippen LogP contribution in [-0.2, 0) is 14.2 Å². The summed E-state index contributed by atoms with van der Waals surface area (Å²) in [4.78, 5) is 13.2. The van der Waals surface area contributed by atoms with Crippen molar-refractivity contribution in [1.29, 1.82) is 0 Å². The lowest BCUT2D eigenvalue weighted by atomic mass is 9.99. The number of hydrogen-bond acceptors (Lipinski definition) is 14. The molecule has 9 atom stereocenters. The van der Waals surface area contributed by atoms with E-state index in [1.54, 1.807) is 0 Å². The van der Waals surface area contributed by atoms with Gasteiger partial charge in [0.2, 0.25) is 11.7 Å². The summed E-state index contributed by atoms with van der Waals surface area (Å²) in [5.41, 5.74) is -0.772. The van der Waals surface area contributed by atoms with E-state index in [0.29, 0.717) is 0 Å². The zero-order valence-corrected chi connectivity index (χ0v) is 20.7. The van der Waals surface area contributed by atoms with Crippen molar-refractivity contribution >= 4 is 21.9 Å². The highest BCUT2D eigenvalue weighted by Gasteiger charge is 2.48. The molecule has 2 aliphatic rings. The predicted molar refractivity (Wildman–Crippen MR) is 129 cm³/mol. The van der Waals surface area contributed by atoms with Crippen LogP contribution >= 0.6 is 0 Å². The van der Waals surface area contributed by atoms with Crippen molar-refractivity contribution in [2.45, 2.75) is 62.2 Å². The van der Waals surface area contributed by atoms with Gasteiger partial charge in [-0.15, -0.1) is 0 Å². The molecule has 0 bridgehead atoms. The standard InChI is InChI=1S/C25H28O14/c1-8-17(28)21(32)22(33)24(36-8)39-23-18(29)11(27)7-35-25(23)38-13-4-3-12-16(19(13)30)20(31)15-10(26)5-9(34-2)6-14(15)37-12/h3-6,8,11,17-18,21-30,32-33H,7H2,1-2H3. The Morgan fingerprint density at radius 3 is 2.36 bits per heavy atom. The van der Waals surface area contributed by atoms with Gasteiger partial charge in [0.1, 0.15) is 64.0 Å². The Labute approximate surface area is 219 Å². The average molecular weight is 552 g/mol. The summed E-state index contributed by atoms with van der Waals surface area (Å²) in [6, 6.07) is 5.21. The highest BCUT2D eigenvalue weighted by atomic mass is 16.8. The van der Waals surface area contributed by atoms with E-state index in [4.69, 9.17) is 28.1 Å². The van der Waals surface area contributed by atoms with Crippen LogP contribution in [0.25, 0.3) is 21.9 Å². The molecule has 39 heavy (non-hydrogen) atoms. The minimum Gasteiger partial charge on any atom is -0.507 e. The number of rotatable bonds is 5. The van der Waals surface area contributed by atoms with Gasteiger partial charge in [0.25, 0.3) is 0 Å². The van der Waals surface area contributed by atoms with Crippen LogP contribution in [0.5, 0.6) is 23.0 Å². The van der Waals surface area contributed by atoms with Crippen LogP contribution in [-0.4, -0.2) is 105 Å².